The Hall–Kier alpha value is -0.620. The van der Waals surface area contributed by atoms with E-state index in [4.69, 9.17) is 0 Å². The average Bonchev–Trinajstić information content (AvgIpc) is 2.45. The molecule has 2 heterocycles. The van der Waals surface area contributed by atoms with E-state index in [1.807, 2.05) is 19.1 Å². The Morgan fingerprint density at radius 1 is 1.50 bits per heavy atom. The van der Waals surface area contributed by atoms with E-state index in [0.29, 0.717) is 12.2 Å². The molecule has 0 amide bonds. The molecule has 1 N–H and O–H groups in total. The molecule has 1 fully saturated rings. The lowest BCUT2D eigenvalue weighted by atomic mass is 10.0. The predicted molar refractivity (Wildman–Crippen MR) is 67.2 cm³/mol. The van der Waals surface area contributed by atoms with Gasteiger partial charge in [0.25, 0.3) is 0 Å². The van der Waals surface area contributed by atoms with Crippen LogP contribution in [0.5, 0.6) is 0 Å². The fraction of sp³-hybridized carbons (Fsp3) is 0.500. The molecule has 1 aromatic heterocycles. The topological polar surface area (TPSA) is 59.1 Å². The zero-order valence-electron chi connectivity index (χ0n) is 8.90. The van der Waals surface area contributed by atoms with Gasteiger partial charge in [0.1, 0.15) is 5.82 Å². The van der Waals surface area contributed by atoms with E-state index < -0.39 is 9.84 Å². The van der Waals surface area contributed by atoms with Crippen molar-refractivity contribution >= 4 is 31.6 Å². The van der Waals surface area contributed by atoms with Crippen LogP contribution in [-0.4, -0.2) is 30.4 Å². The summed E-state index contributed by atoms with van der Waals surface area (Å²) in [4.78, 5) is 4.18. The fourth-order valence-electron chi connectivity index (χ4n) is 1.87. The summed E-state index contributed by atoms with van der Waals surface area (Å²) in [6, 6.07) is 3.71. The molecule has 4 nitrogen and oxygen atoms in total. The first-order chi connectivity index (χ1) is 7.39. The molecule has 1 aliphatic rings. The number of pyridine rings is 1. The highest BCUT2D eigenvalue weighted by atomic mass is 79.9. The Labute approximate surface area is 104 Å². The van der Waals surface area contributed by atoms with Gasteiger partial charge < -0.3 is 5.32 Å². The molecule has 1 saturated heterocycles. The summed E-state index contributed by atoms with van der Waals surface area (Å²) in [6.07, 6.45) is 2.32. The number of halogens is 1. The van der Waals surface area contributed by atoms with Gasteiger partial charge >= 0.3 is 0 Å². The summed E-state index contributed by atoms with van der Waals surface area (Å²) in [7, 11) is -2.88. The lowest BCUT2D eigenvalue weighted by Gasteiger charge is -2.24. The Kier molecular flexibility index (Phi) is 2.96. The molecular weight excluding hydrogens is 292 g/mol. The van der Waals surface area contributed by atoms with Gasteiger partial charge in [-0.15, -0.1) is 0 Å². The highest BCUT2D eigenvalue weighted by Crippen LogP contribution is 2.26. The predicted octanol–water partition coefficient (Wildman–Crippen LogP) is 1.83. The zero-order valence-corrected chi connectivity index (χ0v) is 11.3. The van der Waals surface area contributed by atoms with Crippen molar-refractivity contribution in [3.8, 4) is 0 Å². The number of nitrogens with one attached hydrogen (secondary N) is 1. The minimum absolute atomic E-state index is 0.178. The van der Waals surface area contributed by atoms with E-state index in [0.717, 1.165) is 4.47 Å². The standard InChI is InChI=1S/C10H13BrN2O2S/c1-10(4-5-16(14,15)7-10)13-9-3-2-8(11)6-12-9/h2-3,6H,4-5,7H2,1H3,(H,12,13). The van der Waals surface area contributed by atoms with Gasteiger partial charge in [-0.1, -0.05) is 0 Å². The van der Waals surface area contributed by atoms with Crippen LogP contribution in [0.25, 0.3) is 0 Å². The molecule has 0 aromatic carbocycles. The maximum Gasteiger partial charge on any atom is 0.152 e. The van der Waals surface area contributed by atoms with Crippen LogP contribution in [0.3, 0.4) is 0 Å². The van der Waals surface area contributed by atoms with Gasteiger partial charge in [-0.25, -0.2) is 13.4 Å². The molecule has 1 aliphatic heterocycles. The number of hydrogen-bond donors (Lipinski definition) is 1. The van der Waals surface area contributed by atoms with E-state index in [-0.39, 0.29) is 17.0 Å². The van der Waals surface area contributed by atoms with Crippen LogP contribution in [-0.2, 0) is 9.84 Å². The first kappa shape index (κ1) is 11.9. The van der Waals surface area contributed by atoms with Crippen molar-refractivity contribution in [3.63, 3.8) is 0 Å². The molecule has 6 heteroatoms. The zero-order chi connectivity index (χ0) is 11.8. The molecule has 0 spiro atoms. The third-order valence-corrected chi connectivity index (χ3v) is 5.03. The Morgan fingerprint density at radius 3 is 2.75 bits per heavy atom. The van der Waals surface area contributed by atoms with Crippen molar-refractivity contribution in [1.82, 2.24) is 4.98 Å². The lowest BCUT2D eigenvalue weighted by Crippen LogP contribution is -2.36. The van der Waals surface area contributed by atoms with Crippen LogP contribution in [0.2, 0.25) is 0 Å². The molecule has 0 saturated carbocycles. The summed E-state index contributed by atoms with van der Waals surface area (Å²) in [5, 5.41) is 3.19. The van der Waals surface area contributed by atoms with Crippen LogP contribution in [0.15, 0.2) is 22.8 Å². The number of anilines is 1. The minimum atomic E-state index is -2.88. The van der Waals surface area contributed by atoms with Crippen LogP contribution < -0.4 is 5.32 Å². The molecule has 0 radical (unpaired) electrons. The van der Waals surface area contributed by atoms with Crippen molar-refractivity contribution in [2.24, 2.45) is 0 Å². The van der Waals surface area contributed by atoms with Gasteiger partial charge in [0.15, 0.2) is 9.84 Å². The number of aromatic nitrogens is 1. The quantitative estimate of drug-likeness (QED) is 0.905. The SMILES string of the molecule is CC1(Nc2ccc(Br)cn2)CCS(=O)(=O)C1. The van der Waals surface area contributed by atoms with Gasteiger partial charge in [-0.05, 0) is 41.4 Å². The highest BCUT2D eigenvalue weighted by molar-refractivity contribution is 9.10. The molecule has 1 unspecified atom stereocenters. The van der Waals surface area contributed by atoms with Gasteiger partial charge in [-0.3, -0.25) is 0 Å². The van der Waals surface area contributed by atoms with Crippen LogP contribution in [0.1, 0.15) is 13.3 Å². The van der Waals surface area contributed by atoms with Crippen molar-refractivity contribution < 1.29 is 8.42 Å². The fourth-order valence-corrected chi connectivity index (χ4v) is 4.20. The maximum atomic E-state index is 11.4. The second-order valence-electron chi connectivity index (χ2n) is 4.39. The maximum absolute atomic E-state index is 11.4. The van der Waals surface area contributed by atoms with E-state index in [1.54, 1.807) is 6.20 Å². The number of sulfone groups is 1. The monoisotopic (exact) mass is 304 g/mol. The van der Waals surface area contributed by atoms with Crippen LogP contribution in [0.4, 0.5) is 5.82 Å². The van der Waals surface area contributed by atoms with E-state index in [2.05, 4.69) is 26.2 Å². The number of nitrogens with zero attached hydrogens (tertiary/aromatic N) is 1. The first-order valence-electron chi connectivity index (χ1n) is 4.99. The third kappa shape index (κ3) is 2.74. The van der Waals surface area contributed by atoms with Crippen molar-refractivity contribution in [3.05, 3.63) is 22.8 Å². The van der Waals surface area contributed by atoms with Gasteiger partial charge in [0.05, 0.1) is 17.0 Å². The number of rotatable bonds is 2. The molecular formula is C10H13BrN2O2S. The smallest absolute Gasteiger partial charge is 0.152 e. The second-order valence-corrected chi connectivity index (χ2v) is 7.49. The molecule has 16 heavy (non-hydrogen) atoms. The molecule has 1 aromatic rings. The van der Waals surface area contributed by atoms with E-state index >= 15 is 0 Å². The summed E-state index contributed by atoms with van der Waals surface area (Å²) < 4.78 is 23.8. The summed E-state index contributed by atoms with van der Waals surface area (Å²) in [5.41, 5.74) is -0.389. The van der Waals surface area contributed by atoms with Crippen molar-refractivity contribution in [1.29, 1.82) is 0 Å². The lowest BCUT2D eigenvalue weighted by molar-refractivity contribution is 0.572. The van der Waals surface area contributed by atoms with Crippen molar-refractivity contribution in [2.45, 2.75) is 18.9 Å². The van der Waals surface area contributed by atoms with E-state index in [9.17, 15) is 8.42 Å². The molecule has 2 rings (SSSR count). The van der Waals surface area contributed by atoms with Crippen LogP contribution in [0, 0.1) is 0 Å². The van der Waals surface area contributed by atoms with Gasteiger partial charge in [0, 0.05) is 10.7 Å². The normalized spacial score (nSPS) is 27.9. The highest BCUT2D eigenvalue weighted by Gasteiger charge is 2.38. The molecule has 0 bridgehead atoms. The van der Waals surface area contributed by atoms with Gasteiger partial charge in [0.2, 0.25) is 0 Å². The molecule has 88 valence electrons. The second kappa shape index (κ2) is 4.00. The Bertz CT molecular complexity index is 486. The summed E-state index contributed by atoms with van der Waals surface area (Å²) in [6.45, 7) is 1.92. The Balaban J connectivity index is 2.13. The van der Waals surface area contributed by atoms with Gasteiger partial charge in [-0.2, -0.15) is 0 Å². The van der Waals surface area contributed by atoms with Crippen LogP contribution >= 0.6 is 15.9 Å². The first-order valence-corrected chi connectivity index (χ1v) is 7.60. The van der Waals surface area contributed by atoms with E-state index in [1.165, 1.54) is 0 Å². The largest absolute Gasteiger partial charge is 0.364 e. The third-order valence-electron chi connectivity index (χ3n) is 2.66. The summed E-state index contributed by atoms with van der Waals surface area (Å²) >= 11 is 3.30. The summed E-state index contributed by atoms with van der Waals surface area (Å²) in [5.74, 6) is 1.15. The Morgan fingerprint density at radius 2 is 2.25 bits per heavy atom. The average molecular weight is 305 g/mol. The minimum Gasteiger partial charge on any atom is -0.364 e. The molecule has 0 aliphatic carbocycles. The molecule has 1 atom stereocenters. The number of hydrogen-bond acceptors (Lipinski definition) is 4. The van der Waals surface area contributed by atoms with Crippen molar-refractivity contribution in [2.75, 3.05) is 16.8 Å².